The van der Waals surface area contributed by atoms with E-state index in [0.717, 1.165) is 42.8 Å². The minimum atomic E-state index is -0.305. The summed E-state index contributed by atoms with van der Waals surface area (Å²) in [4.78, 5) is 27.8. The van der Waals surface area contributed by atoms with Crippen molar-refractivity contribution in [1.29, 1.82) is 0 Å². The largest absolute Gasteiger partial charge is 0.490 e. The monoisotopic (exact) mass is 699 g/mol. The number of benzene rings is 4. The molecule has 2 amide bonds. The number of amides is 2. The average molecular weight is 700 g/mol. The van der Waals surface area contributed by atoms with Crippen LogP contribution in [0.1, 0.15) is 23.6 Å². The number of carbonyl (C=O) groups is 2. The number of rotatable bonds is 8. The van der Waals surface area contributed by atoms with Gasteiger partial charge in [0.15, 0.2) is 11.5 Å². The average Bonchev–Trinajstić information content (AvgIpc) is 3.17. The Bertz CT molecular complexity index is 1550. The lowest BCUT2D eigenvalue weighted by molar-refractivity contribution is -0.123. The summed E-state index contributed by atoms with van der Waals surface area (Å²) < 4.78 is 13.8. The third-order valence-electron chi connectivity index (χ3n) is 6.01. The van der Waals surface area contributed by atoms with Gasteiger partial charge in [0.05, 0.1) is 22.5 Å². The van der Waals surface area contributed by atoms with Crippen LogP contribution in [0.4, 0.5) is 4.79 Å². The van der Waals surface area contributed by atoms with Crippen LogP contribution in [0.2, 0.25) is 0 Å². The molecule has 0 bridgehead atoms. The van der Waals surface area contributed by atoms with E-state index < -0.39 is 0 Å². The standard InChI is InChI=1S/C30H23BrINO4S/c1-2-36-26-15-20(14-25(31)28(26)37-18-19-10-12-23(32)13-11-19)16-27-29(34)33(30(35)38-27)17-22-8-5-7-21-6-3-4-9-24(21)22/h3-16H,2,17-18H2,1H3/b27-16+. The Kier molecular flexibility index (Phi) is 8.40. The van der Waals surface area contributed by atoms with Crippen LogP contribution in [0, 0.1) is 3.57 Å². The van der Waals surface area contributed by atoms with Crippen molar-refractivity contribution in [2.75, 3.05) is 6.61 Å². The molecular weight excluding hydrogens is 677 g/mol. The van der Waals surface area contributed by atoms with Crippen LogP contribution in [0.3, 0.4) is 0 Å². The van der Waals surface area contributed by atoms with Gasteiger partial charge in [-0.1, -0.05) is 54.6 Å². The molecule has 1 aliphatic heterocycles. The number of ether oxygens (including phenoxy) is 2. The first-order valence-electron chi connectivity index (χ1n) is 12.0. The first-order chi connectivity index (χ1) is 18.4. The van der Waals surface area contributed by atoms with E-state index in [1.165, 1.54) is 4.90 Å². The summed E-state index contributed by atoms with van der Waals surface area (Å²) in [7, 11) is 0. The Hall–Kier alpha value is -2.82. The van der Waals surface area contributed by atoms with Crippen molar-refractivity contribution in [3.05, 3.63) is 109 Å². The van der Waals surface area contributed by atoms with Gasteiger partial charge < -0.3 is 9.47 Å². The number of thioether (sulfide) groups is 1. The van der Waals surface area contributed by atoms with Crippen LogP contribution in [-0.2, 0) is 17.9 Å². The number of hydrogen-bond donors (Lipinski definition) is 0. The quantitative estimate of drug-likeness (QED) is 0.137. The molecule has 0 atom stereocenters. The van der Waals surface area contributed by atoms with E-state index in [9.17, 15) is 9.59 Å². The van der Waals surface area contributed by atoms with Crippen LogP contribution in [0.5, 0.6) is 11.5 Å². The molecule has 5 nitrogen and oxygen atoms in total. The molecule has 0 spiro atoms. The van der Waals surface area contributed by atoms with Crippen molar-refractivity contribution in [2.45, 2.75) is 20.1 Å². The number of hydrogen-bond acceptors (Lipinski definition) is 5. The molecule has 1 fully saturated rings. The maximum Gasteiger partial charge on any atom is 0.293 e. The topological polar surface area (TPSA) is 55.8 Å². The van der Waals surface area contributed by atoms with Crippen molar-refractivity contribution < 1.29 is 19.1 Å². The zero-order valence-corrected chi connectivity index (χ0v) is 25.0. The van der Waals surface area contributed by atoms with Crippen molar-refractivity contribution in [3.63, 3.8) is 0 Å². The molecule has 0 unspecified atom stereocenters. The van der Waals surface area contributed by atoms with Crippen molar-refractivity contribution in [1.82, 2.24) is 4.90 Å². The van der Waals surface area contributed by atoms with Gasteiger partial charge in [-0.05, 0) is 115 Å². The number of nitrogens with zero attached hydrogens (tertiary/aromatic N) is 1. The lowest BCUT2D eigenvalue weighted by Crippen LogP contribution is -2.27. The molecule has 4 aromatic rings. The van der Waals surface area contributed by atoms with E-state index in [2.05, 4.69) is 38.5 Å². The van der Waals surface area contributed by atoms with Gasteiger partial charge in [-0.25, -0.2) is 0 Å². The summed E-state index contributed by atoms with van der Waals surface area (Å²) in [6, 6.07) is 25.7. The molecule has 0 aromatic heterocycles. The fourth-order valence-corrected chi connectivity index (χ4v) is 5.97. The summed E-state index contributed by atoms with van der Waals surface area (Å²) in [5.41, 5.74) is 2.71. The lowest BCUT2D eigenvalue weighted by atomic mass is 10.0. The van der Waals surface area contributed by atoms with Gasteiger partial charge >= 0.3 is 0 Å². The molecule has 192 valence electrons. The Balaban J connectivity index is 1.38. The molecule has 0 N–H and O–H groups in total. The second kappa shape index (κ2) is 11.9. The summed E-state index contributed by atoms with van der Waals surface area (Å²) >= 11 is 6.82. The molecular formula is C30H23BrINO4S. The third kappa shape index (κ3) is 5.92. The summed E-state index contributed by atoms with van der Waals surface area (Å²) in [5.74, 6) is 0.848. The number of fused-ring (bicyclic) bond motifs is 1. The molecule has 0 saturated carbocycles. The van der Waals surface area contributed by atoms with Gasteiger partial charge in [-0.3, -0.25) is 14.5 Å². The molecule has 4 aromatic carbocycles. The predicted octanol–water partition coefficient (Wildman–Crippen LogP) is 8.42. The normalized spacial score (nSPS) is 14.5. The molecule has 1 saturated heterocycles. The van der Waals surface area contributed by atoms with Crippen LogP contribution < -0.4 is 9.47 Å². The molecule has 38 heavy (non-hydrogen) atoms. The fourth-order valence-electron chi connectivity index (χ4n) is 4.20. The second-order valence-corrected chi connectivity index (χ2v) is 11.7. The highest BCUT2D eigenvalue weighted by molar-refractivity contribution is 14.1. The van der Waals surface area contributed by atoms with E-state index in [0.29, 0.717) is 34.1 Å². The van der Waals surface area contributed by atoms with E-state index >= 15 is 0 Å². The van der Waals surface area contributed by atoms with Gasteiger partial charge in [0.2, 0.25) is 0 Å². The van der Waals surface area contributed by atoms with E-state index in [4.69, 9.17) is 9.47 Å². The SMILES string of the molecule is CCOc1cc(/C=C2/SC(=O)N(Cc3cccc4ccccc34)C2=O)cc(Br)c1OCc1ccc(I)cc1. The maximum absolute atomic E-state index is 13.3. The first-order valence-corrected chi connectivity index (χ1v) is 14.7. The van der Waals surface area contributed by atoms with Gasteiger partial charge in [0, 0.05) is 3.57 Å². The zero-order valence-electron chi connectivity index (χ0n) is 20.4. The van der Waals surface area contributed by atoms with E-state index in [-0.39, 0.29) is 17.7 Å². The smallest absolute Gasteiger partial charge is 0.293 e. The second-order valence-electron chi connectivity index (χ2n) is 8.58. The van der Waals surface area contributed by atoms with Crippen molar-refractivity contribution in [2.24, 2.45) is 0 Å². The Labute approximate surface area is 247 Å². The van der Waals surface area contributed by atoms with Crippen LogP contribution in [0.25, 0.3) is 16.8 Å². The lowest BCUT2D eigenvalue weighted by Gasteiger charge is -2.15. The highest BCUT2D eigenvalue weighted by Crippen LogP contribution is 2.40. The molecule has 1 heterocycles. The zero-order chi connectivity index (χ0) is 26.6. The summed E-state index contributed by atoms with van der Waals surface area (Å²) in [5, 5.41) is 1.82. The minimum absolute atomic E-state index is 0.225. The maximum atomic E-state index is 13.3. The number of carbonyl (C=O) groups excluding carboxylic acids is 2. The van der Waals surface area contributed by atoms with Crippen molar-refractivity contribution in [3.8, 4) is 11.5 Å². The number of imide groups is 1. The molecule has 1 aliphatic rings. The third-order valence-corrected chi connectivity index (χ3v) is 8.22. The highest BCUT2D eigenvalue weighted by atomic mass is 127. The van der Waals surface area contributed by atoms with Gasteiger partial charge in [-0.2, -0.15) is 0 Å². The summed E-state index contributed by atoms with van der Waals surface area (Å²) in [6.45, 7) is 2.98. The Morgan fingerprint density at radius 1 is 0.974 bits per heavy atom. The fraction of sp³-hybridized carbons (Fsp3) is 0.133. The number of halogens is 2. The predicted molar refractivity (Wildman–Crippen MR) is 164 cm³/mol. The van der Waals surface area contributed by atoms with Crippen LogP contribution in [-0.4, -0.2) is 22.7 Å². The molecule has 0 aliphatic carbocycles. The van der Waals surface area contributed by atoms with Crippen molar-refractivity contribution >= 4 is 78.3 Å². The van der Waals surface area contributed by atoms with Gasteiger partial charge in [0.1, 0.15) is 6.61 Å². The minimum Gasteiger partial charge on any atom is -0.490 e. The Morgan fingerprint density at radius 3 is 2.53 bits per heavy atom. The molecule has 0 radical (unpaired) electrons. The van der Waals surface area contributed by atoms with E-state index in [1.807, 2.05) is 85.8 Å². The van der Waals surface area contributed by atoms with E-state index in [1.54, 1.807) is 6.08 Å². The van der Waals surface area contributed by atoms with Gasteiger partial charge in [-0.15, -0.1) is 0 Å². The highest BCUT2D eigenvalue weighted by Gasteiger charge is 2.35. The molecule has 5 rings (SSSR count). The first kappa shape index (κ1) is 26.8. The molecule has 8 heteroatoms. The van der Waals surface area contributed by atoms with Gasteiger partial charge in [0.25, 0.3) is 11.1 Å². The Morgan fingerprint density at radius 2 is 1.74 bits per heavy atom. The summed E-state index contributed by atoms with van der Waals surface area (Å²) in [6.07, 6.45) is 1.73. The van der Waals surface area contributed by atoms with Crippen LogP contribution in [0.15, 0.2) is 88.2 Å². The van der Waals surface area contributed by atoms with Crippen LogP contribution >= 0.6 is 50.3 Å².